The maximum atomic E-state index is 5.41. The SMILES string of the molecule is CCOc1ccc(-c2csc(CNC)n2)cc1. The van der Waals surface area contributed by atoms with E-state index in [9.17, 15) is 0 Å². The zero-order chi connectivity index (χ0) is 12.1. The summed E-state index contributed by atoms with van der Waals surface area (Å²) in [6.07, 6.45) is 0. The van der Waals surface area contributed by atoms with Crippen LogP contribution in [-0.2, 0) is 6.54 Å². The third-order valence-corrected chi connectivity index (χ3v) is 3.19. The second-order valence-electron chi connectivity index (χ2n) is 3.61. The molecule has 0 aliphatic heterocycles. The summed E-state index contributed by atoms with van der Waals surface area (Å²) >= 11 is 1.68. The van der Waals surface area contributed by atoms with E-state index in [4.69, 9.17) is 4.74 Å². The highest BCUT2D eigenvalue weighted by Gasteiger charge is 2.04. The summed E-state index contributed by atoms with van der Waals surface area (Å²) < 4.78 is 5.41. The molecule has 1 N–H and O–H groups in total. The molecule has 0 bridgehead atoms. The standard InChI is InChI=1S/C13H16N2OS/c1-3-16-11-6-4-10(5-7-11)12-9-17-13(15-12)8-14-2/h4-7,9,14H,3,8H2,1-2H3. The van der Waals surface area contributed by atoms with Gasteiger partial charge in [-0.05, 0) is 38.2 Å². The minimum atomic E-state index is 0.697. The van der Waals surface area contributed by atoms with E-state index in [1.807, 2.05) is 38.2 Å². The lowest BCUT2D eigenvalue weighted by atomic mass is 10.2. The van der Waals surface area contributed by atoms with Gasteiger partial charge in [-0.1, -0.05) is 0 Å². The zero-order valence-electron chi connectivity index (χ0n) is 10.1. The predicted molar refractivity (Wildman–Crippen MR) is 71.5 cm³/mol. The van der Waals surface area contributed by atoms with E-state index >= 15 is 0 Å². The molecule has 0 saturated carbocycles. The Labute approximate surface area is 105 Å². The van der Waals surface area contributed by atoms with Gasteiger partial charge < -0.3 is 10.1 Å². The first-order valence-electron chi connectivity index (χ1n) is 5.65. The Morgan fingerprint density at radius 1 is 1.29 bits per heavy atom. The van der Waals surface area contributed by atoms with Gasteiger partial charge >= 0.3 is 0 Å². The second-order valence-corrected chi connectivity index (χ2v) is 4.56. The summed E-state index contributed by atoms with van der Waals surface area (Å²) in [5.74, 6) is 0.905. The van der Waals surface area contributed by atoms with Gasteiger partial charge in [-0.25, -0.2) is 4.98 Å². The first-order valence-corrected chi connectivity index (χ1v) is 6.53. The zero-order valence-corrected chi connectivity index (χ0v) is 10.9. The van der Waals surface area contributed by atoms with Crippen LogP contribution in [0.4, 0.5) is 0 Å². The number of nitrogens with zero attached hydrogens (tertiary/aromatic N) is 1. The molecule has 4 heteroatoms. The van der Waals surface area contributed by atoms with E-state index in [0.29, 0.717) is 6.61 Å². The molecule has 0 amide bonds. The molecule has 0 fully saturated rings. The largest absolute Gasteiger partial charge is 0.494 e. The summed E-state index contributed by atoms with van der Waals surface area (Å²) in [6.45, 7) is 3.50. The Kier molecular flexibility index (Phi) is 4.12. The summed E-state index contributed by atoms with van der Waals surface area (Å²) in [7, 11) is 1.93. The van der Waals surface area contributed by atoms with E-state index in [0.717, 1.165) is 28.6 Å². The molecule has 0 aliphatic carbocycles. The molecule has 17 heavy (non-hydrogen) atoms. The van der Waals surface area contributed by atoms with E-state index in [1.54, 1.807) is 11.3 Å². The Bertz CT molecular complexity index is 465. The number of hydrogen-bond acceptors (Lipinski definition) is 4. The van der Waals surface area contributed by atoms with Crippen molar-refractivity contribution < 1.29 is 4.74 Å². The van der Waals surface area contributed by atoms with Crippen molar-refractivity contribution in [3.8, 4) is 17.0 Å². The Morgan fingerprint density at radius 2 is 2.06 bits per heavy atom. The molecule has 0 aliphatic rings. The van der Waals surface area contributed by atoms with Gasteiger partial charge in [-0.15, -0.1) is 11.3 Å². The van der Waals surface area contributed by atoms with Crippen molar-refractivity contribution in [1.29, 1.82) is 0 Å². The topological polar surface area (TPSA) is 34.1 Å². The monoisotopic (exact) mass is 248 g/mol. The number of rotatable bonds is 5. The number of nitrogens with one attached hydrogen (secondary N) is 1. The maximum absolute atomic E-state index is 5.41. The number of ether oxygens (including phenoxy) is 1. The Balaban J connectivity index is 2.15. The molecule has 1 heterocycles. The second kappa shape index (κ2) is 5.80. The lowest BCUT2D eigenvalue weighted by molar-refractivity contribution is 0.340. The Morgan fingerprint density at radius 3 is 2.71 bits per heavy atom. The predicted octanol–water partition coefficient (Wildman–Crippen LogP) is 2.93. The average molecular weight is 248 g/mol. The van der Waals surface area contributed by atoms with Gasteiger partial charge in [0.1, 0.15) is 10.8 Å². The first kappa shape index (κ1) is 12.1. The normalized spacial score (nSPS) is 10.5. The maximum Gasteiger partial charge on any atom is 0.119 e. The van der Waals surface area contributed by atoms with Crippen molar-refractivity contribution in [2.45, 2.75) is 13.5 Å². The van der Waals surface area contributed by atoms with Crippen LogP contribution in [0.2, 0.25) is 0 Å². The van der Waals surface area contributed by atoms with Gasteiger partial charge in [-0.3, -0.25) is 0 Å². The van der Waals surface area contributed by atoms with Crippen LogP contribution < -0.4 is 10.1 Å². The number of hydrogen-bond donors (Lipinski definition) is 1. The molecule has 2 rings (SSSR count). The lowest BCUT2D eigenvalue weighted by Gasteiger charge is -2.03. The van der Waals surface area contributed by atoms with E-state index < -0.39 is 0 Å². The van der Waals surface area contributed by atoms with Gasteiger partial charge in [0.05, 0.1) is 12.3 Å². The van der Waals surface area contributed by atoms with Crippen LogP contribution in [0, 0.1) is 0 Å². The molecule has 0 saturated heterocycles. The molecule has 1 aromatic carbocycles. The summed E-state index contributed by atoms with van der Waals surface area (Å²) in [6, 6.07) is 8.05. The van der Waals surface area contributed by atoms with E-state index in [-0.39, 0.29) is 0 Å². The molecule has 2 aromatic rings. The van der Waals surface area contributed by atoms with Crippen molar-refractivity contribution >= 4 is 11.3 Å². The van der Waals surface area contributed by atoms with Gasteiger partial charge in [0.2, 0.25) is 0 Å². The molecule has 0 atom stereocenters. The lowest BCUT2D eigenvalue weighted by Crippen LogP contribution is -2.04. The molecular formula is C13H16N2OS. The third-order valence-electron chi connectivity index (χ3n) is 2.34. The summed E-state index contributed by atoms with van der Waals surface area (Å²) in [5.41, 5.74) is 2.16. The molecule has 90 valence electrons. The summed E-state index contributed by atoms with van der Waals surface area (Å²) in [5, 5.41) is 6.30. The van der Waals surface area contributed by atoms with Crippen molar-refractivity contribution in [3.63, 3.8) is 0 Å². The quantitative estimate of drug-likeness (QED) is 0.883. The average Bonchev–Trinajstić information content (AvgIpc) is 2.80. The highest BCUT2D eigenvalue weighted by molar-refractivity contribution is 7.09. The van der Waals surface area contributed by atoms with Crippen LogP contribution in [-0.4, -0.2) is 18.6 Å². The number of thiazole rings is 1. The first-order chi connectivity index (χ1) is 8.33. The van der Waals surface area contributed by atoms with Gasteiger partial charge in [-0.2, -0.15) is 0 Å². The molecule has 3 nitrogen and oxygen atoms in total. The van der Waals surface area contributed by atoms with Gasteiger partial charge in [0.25, 0.3) is 0 Å². The number of aromatic nitrogens is 1. The molecular weight excluding hydrogens is 232 g/mol. The van der Waals surface area contributed by atoms with Gasteiger partial charge in [0, 0.05) is 17.5 Å². The van der Waals surface area contributed by atoms with Crippen molar-refractivity contribution in [3.05, 3.63) is 34.7 Å². The van der Waals surface area contributed by atoms with E-state index in [1.165, 1.54) is 0 Å². The van der Waals surface area contributed by atoms with Crippen LogP contribution in [0.15, 0.2) is 29.6 Å². The molecule has 1 aromatic heterocycles. The van der Waals surface area contributed by atoms with Crippen molar-refractivity contribution in [1.82, 2.24) is 10.3 Å². The highest BCUT2D eigenvalue weighted by atomic mass is 32.1. The van der Waals surface area contributed by atoms with Gasteiger partial charge in [0.15, 0.2) is 0 Å². The van der Waals surface area contributed by atoms with Crippen LogP contribution in [0.3, 0.4) is 0 Å². The van der Waals surface area contributed by atoms with Crippen LogP contribution in [0.1, 0.15) is 11.9 Å². The number of benzene rings is 1. The Hall–Kier alpha value is -1.39. The fourth-order valence-corrected chi connectivity index (χ4v) is 2.38. The minimum Gasteiger partial charge on any atom is -0.494 e. The highest BCUT2D eigenvalue weighted by Crippen LogP contribution is 2.24. The van der Waals surface area contributed by atoms with E-state index in [2.05, 4.69) is 15.7 Å². The smallest absolute Gasteiger partial charge is 0.119 e. The molecule has 0 unspecified atom stereocenters. The third kappa shape index (κ3) is 3.05. The fourth-order valence-electron chi connectivity index (χ4n) is 1.56. The molecule has 0 radical (unpaired) electrons. The van der Waals surface area contributed by atoms with Crippen LogP contribution in [0.5, 0.6) is 5.75 Å². The minimum absolute atomic E-state index is 0.697. The fraction of sp³-hybridized carbons (Fsp3) is 0.308. The summed E-state index contributed by atoms with van der Waals surface area (Å²) in [4.78, 5) is 4.56. The van der Waals surface area contributed by atoms with Crippen LogP contribution in [0.25, 0.3) is 11.3 Å². The van der Waals surface area contributed by atoms with Crippen LogP contribution >= 0.6 is 11.3 Å². The van der Waals surface area contributed by atoms with Crippen molar-refractivity contribution in [2.24, 2.45) is 0 Å². The molecule has 0 spiro atoms. The van der Waals surface area contributed by atoms with Crippen molar-refractivity contribution in [2.75, 3.05) is 13.7 Å².